The van der Waals surface area contributed by atoms with Crippen LogP contribution in [0.5, 0.6) is 0 Å². The molecule has 3 aromatic rings. The summed E-state index contributed by atoms with van der Waals surface area (Å²) in [6.45, 7) is 5.08. The van der Waals surface area contributed by atoms with Crippen molar-refractivity contribution in [1.29, 1.82) is 0 Å². The third-order valence-electron chi connectivity index (χ3n) is 4.41. The van der Waals surface area contributed by atoms with E-state index in [2.05, 4.69) is 11.4 Å². The lowest BCUT2D eigenvalue weighted by atomic mass is 10.1. The first kappa shape index (κ1) is 19.0. The van der Waals surface area contributed by atoms with Crippen LogP contribution in [-0.2, 0) is 13.1 Å². The van der Waals surface area contributed by atoms with Gasteiger partial charge in [0, 0.05) is 23.8 Å². The molecule has 3 nitrogen and oxygen atoms in total. The molecule has 0 heterocycles. The van der Waals surface area contributed by atoms with E-state index in [1.165, 1.54) is 5.56 Å². The largest absolute Gasteiger partial charge is 0.322 e. The number of amides is 2. The van der Waals surface area contributed by atoms with Crippen LogP contribution < -0.4 is 5.32 Å². The predicted molar refractivity (Wildman–Crippen MR) is 112 cm³/mol. The number of urea groups is 1. The van der Waals surface area contributed by atoms with E-state index in [0.717, 1.165) is 22.4 Å². The molecule has 0 aliphatic carbocycles. The van der Waals surface area contributed by atoms with Gasteiger partial charge in [-0.2, -0.15) is 0 Å². The topological polar surface area (TPSA) is 32.3 Å². The molecule has 2 amide bonds. The van der Waals surface area contributed by atoms with Crippen molar-refractivity contribution in [1.82, 2.24) is 4.90 Å². The zero-order valence-corrected chi connectivity index (χ0v) is 16.3. The number of rotatable bonds is 5. The van der Waals surface area contributed by atoms with Crippen LogP contribution in [0.4, 0.5) is 10.5 Å². The summed E-state index contributed by atoms with van der Waals surface area (Å²) in [6.07, 6.45) is 0. The number of nitrogens with zero attached hydrogens (tertiary/aromatic N) is 1. The molecule has 3 rings (SSSR count). The summed E-state index contributed by atoms with van der Waals surface area (Å²) in [4.78, 5) is 14.8. The van der Waals surface area contributed by atoms with Crippen LogP contribution in [0.25, 0.3) is 0 Å². The van der Waals surface area contributed by atoms with Gasteiger partial charge in [0.05, 0.1) is 0 Å². The van der Waals surface area contributed by atoms with Crippen LogP contribution in [0.2, 0.25) is 5.02 Å². The lowest BCUT2D eigenvalue weighted by Crippen LogP contribution is -2.34. The molecule has 0 aromatic heterocycles. The molecule has 138 valence electrons. The summed E-state index contributed by atoms with van der Waals surface area (Å²) in [7, 11) is 0. The first-order chi connectivity index (χ1) is 13.0. The highest BCUT2D eigenvalue weighted by Crippen LogP contribution is 2.19. The van der Waals surface area contributed by atoms with Crippen molar-refractivity contribution in [3.63, 3.8) is 0 Å². The number of aryl methyl sites for hydroxylation is 2. The van der Waals surface area contributed by atoms with Crippen LogP contribution in [0.3, 0.4) is 0 Å². The molecule has 0 radical (unpaired) electrons. The van der Waals surface area contributed by atoms with E-state index >= 15 is 0 Å². The van der Waals surface area contributed by atoms with Gasteiger partial charge < -0.3 is 10.2 Å². The van der Waals surface area contributed by atoms with E-state index in [1.807, 2.05) is 80.6 Å². The fourth-order valence-corrected chi connectivity index (χ4v) is 3.09. The van der Waals surface area contributed by atoms with Crippen molar-refractivity contribution >= 4 is 23.3 Å². The molecule has 0 saturated heterocycles. The van der Waals surface area contributed by atoms with Gasteiger partial charge in [-0.05, 0) is 48.7 Å². The number of hydrogen-bond donors (Lipinski definition) is 1. The van der Waals surface area contributed by atoms with Gasteiger partial charge in [-0.3, -0.25) is 0 Å². The molecule has 0 spiro atoms. The average Bonchev–Trinajstić information content (AvgIpc) is 2.66. The number of benzene rings is 3. The van der Waals surface area contributed by atoms with E-state index < -0.39 is 0 Å². The molecule has 27 heavy (non-hydrogen) atoms. The van der Waals surface area contributed by atoms with Crippen LogP contribution >= 0.6 is 11.6 Å². The summed E-state index contributed by atoms with van der Waals surface area (Å²) < 4.78 is 0. The van der Waals surface area contributed by atoms with Gasteiger partial charge in [-0.1, -0.05) is 71.8 Å². The highest BCUT2D eigenvalue weighted by atomic mass is 35.5. The minimum absolute atomic E-state index is 0.124. The second-order valence-corrected chi connectivity index (χ2v) is 7.15. The van der Waals surface area contributed by atoms with Crippen LogP contribution in [-0.4, -0.2) is 10.9 Å². The van der Waals surface area contributed by atoms with Gasteiger partial charge in [-0.15, -0.1) is 0 Å². The molecule has 0 fully saturated rings. The molecule has 0 unspecified atom stereocenters. The molecule has 0 saturated carbocycles. The summed E-state index contributed by atoms with van der Waals surface area (Å²) in [5.74, 6) is 0. The van der Waals surface area contributed by atoms with Crippen LogP contribution in [0.1, 0.15) is 22.3 Å². The van der Waals surface area contributed by atoms with Gasteiger partial charge >= 0.3 is 6.03 Å². The Kier molecular flexibility index (Phi) is 6.15. The van der Waals surface area contributed by atoms with Gasteiger partial charge in [-0.25, -0.2) is 4.79 Å². The Bertz CT molecular complexity index is 907. The summed E-state index contributed by atoms with van der Waals surface area (Å²) in [5.41, 5.74) is 5.18. The van der Waals surface area contributed by atoms with Crippen molar-refractivity contribution < 1.29 is 4.79 Å². The Balaban J connectivity index is 1.81. The molecule has 0 aliphatic rings. The summed E-state index contributed by atoms with van der Waals surface area (Å²) in [6, 6.07) is 23.5. The molecule has 0 bridgehead atoms. The van der Waals surface area contributed by atoms with Gasteiger partial charge in [0.25, 0.3) is 0 Å². The smallest absolute Gasteiger partial charge is 0.316 e. The average molecular weight is 379 g/mol. The highest BCUT2D eigenvalue weighted by Gasteiger charge is 2.16. The van der Waals surface area contributed by atoms with Crippen LogP contribution in [0.15, 0.2) is 72.8 Å². The monoisotopic (exact) mass is 378 g/mol. The van der Waals surface area contributed by atoms with Crippen molar-refractivity contribution in [2.24, 2.45) is 0 Å². The first-order valence-corrected chi connectivity index (χ1v) is 9.30. The Morgan fingerprint density at radius 3 is 2.15 bits per heavy atom. The number of carbonyl (C=O) groups excluding carboxylic acids is 1. The number of nitrogens with one attached hydrogen (secondary N) is 1. The van der Waals surface area contributed by atoms with Gasteiger partial charge in [0.1, 0.15) is 0 Å². The maximum Gasteiger partial charge on any atom is 0.322 e. The number of halogens is 1. The molecule has 0 aliphatic heterocycles. The highest BCUT2D eigenvalue weighted by molar-refractivity contribution is 6.30. The second kappa shape index (κ2) is 8.74. The van der Waals surface area contributed by atoms with Gasteiger partial charge in [0.15, 0.2) is 0 Å². The lowest BCUT2D eigenvalue weighted by molar-refractivity contribution is 0.206. The predicted octanol–water partition coefficient (Wildman–Crippen LogP) is 6.19. The van der Waals surface area contributed by atoms with E-state index in [-0.39, 0.29) is 6.03 Å². The van der Waals surface area contributed by atoms with E-state index in [9.17, 15) is 4.79 Å². The minimum Gasteiger partial charge on any atom is -0.316 e. The third kappa shape index (κ3) is 5.35. The van der Waals surface area contributed by atoms with Crippen LogP contribution in [0, 0.1) is 13.8 Å². The van der Waals surface area contributed by atoms with Crippen molar-refractivity contribution in [2.75, 3.05) is 5.32 Å². The minimum atomic E-state index is -0.124. The Morgan fingerprint density at radius 2 is 1.52 bits per heavy atom. The molecule has 1 N–H and O–H groups in total. The summed E-state index contributed by atoms with van der Waals surface area (Å²) >= 11 is 5.99. The number of carbonyl (C=O) groups is 1. The fraction of sp³-hybridized carbons (Fsp3) is 0.174. The number of anilines is 1. The first-order valence-electron chi connectivity index (χ1n) is 8.93. The quantitative estimate of drug-likeness (QED) is 0.563. The number of hydrogen-bond acceptors (Lipinski definition) is 1. The molecule has 3 aromatic carbocycles. The molecular formula is C23H23ClN2O. The zero-order valence-electron chi connectivity index (χ0n) is 15.6. The Morgan fingerprint density at radius 1 is 0.889 bits per heavy atom. The normalized spacial score (nSPS) is 10.5. The van der Waals surface area contributed by atoms with Crippen molar-refractivity contribution in [2.45, 2.75) is 26.9 Å². The van der Waals surface area contributed by atoms with E-state index in [1.54, 1.807) is 4.90 Å². The molecule has 0 atom stereocenters. The Labute approximate surface area is 165 Å². The summed E-state index contributed by atoms with van der Waals surface area (Å²) in [5, 5.41) is 3.74. The SMILES string of the molecule is Cc1ccc(NC(=O)N(Cc2ccccc2)Cc2ccc(Cl)cc2)c(C)c1. The third-order valence-corrected chi connectivity index (χ3v) is 4.67. The lowest BCUT2D eigenvalue weighted by Gasteiger charge is -2.24. The fourth-order valence-electron chi connectivity index (χ4n) is 2.96. The van der Waals surface area contributed by atoms with Crippen molar-refractivity contribution in [3.05, 3.63) is 100 Å². The Hall–Kier alpha value is -2.78. The van der Waals surface area contributed by atoms with E-state index in [0.29, 0.717) is 18.1 Å². The second-order valence-electron chi connectivity index (χ2n) is 6.72. The molecular weight excluding hydrogens is 356 g/mol. The van der Waals surface area contributed by atoms with Gasteiger partial charge in [0.2, 0.25) is 0 Å². The standard InChI is InChI=1S/C23H23ClN2O/c1-17-8-13-22(18(2)14-17)25-23(27)26(15-19-6-4-3-5-7-19)16-20-9-11-21(24)12-10-20/h3-14H,15-16H2,1-2H3,(H,25,27). The maximum absolute atomic E-state index is 13.0. The van der Waals surface area contributed by atoms with Crippen molar-refractivity contribution in [3.8, 4) is 0 Å². The van der Waals surface area contributed by atoms with E-state index in [4.69, 9.17) is 11.6 Å². The molecule has 4 heteroatoms. The maximum atomic E-state index is 13.0. The zero-order chi connectivity index (χ0) is 19.2.